The topological polar surface area (TPSA) is 82.6 Å². The van der Waals surface area contributed by atoms with Crippen LogP contribution in [-0.4, -0.2) is 35.2 Å². The highest BCUT2D eigenvalue weighted by Gasteiger charge is 2.20. The Kier molecular flexibility index (Phi) is 5.17. The summed E-state index contributed by atoms with van der Waals surface area (Å²) in [5.41, 5.74) is 2.96. The van der Waals surface area contributed by atoms with Crippen LogP contribution in [0.4, 0.5) is 4.79 Å². The molecular weight excluding hydrogens is 424 g/mol. The van der Waals surface area contributed by atoms with Crippen LogP contribution in [0.15, 0.2) is 46.6 Å². The quantitative estimate of drug-likeness (QED) is 0.422. The first-order chi connectivity index (χ1) is 14.3. The predicted molar refractivity (Wildman–Crippen MR) is 121 cm³/mol. The number of amides is 1. The number of halogens is 1. The van der Waals surface area contributed by atoms with Crippen molar-refractivity contribution in [3.8, 4) is 16.9 Å². The molecular formula is C22H19ClN2O4S. The summed E-state index contributed by atoms with van der Waals surface area (Å²) in [5, 5.41) is 13.2. The monoisotopic (exact) mass is 442 g/mol. The van der Waals surface area contributed by atoms with E-state index in [4.69, 9.17) is 16.3 Å². The van der Waals surface area contributed by atoms with Crippen molar-refractivity contribution in [2.75, 3.05) is 14.2 Å². The Bertz CT molecular complexity index is 1330. The van der Waals surface area contributed by atoms with Crippen LogP contribution in [0.25, 0.3) is 32.1 Å². The standard InChI is InChI=1S/C22H19ClN2O4S/c1-11(25(2)22(27)28)12-4-6-13(7-5-12)17-16(29-3)10-15(23)19-18(17)14-8-9-30-20(14)21(26)24-19/h4-11H,1-3H3,(H,24,26)(H,27,28). The van der Waals surface area contributed by atoms with E-state index >= 15 is 0 Å². The Morgan fingerprint density at radius 1 is 1.27 bits per heavy atom. The molecule has 0 spiro atoms. The number of aromatic amines is 1. The molecule has 2 heterocycles. The van der Waals surface area contributed by atoms with Gasteiger partial charge in [0.05, 0.1) is 23.7 Å². The molecule has 0 radical (unpaired) electrons. The van der Waals surface area contributed by atoms with E-state index in [1.807, 2.05) is 42.6 Å². The van der Waals surface area contributed by atoms with Crippen molar-refractivity contribution in [3.05, 3.63) is 62.7 Å². The normalized spacial score (nSPS) is 12.3. The lowest BCUT2D eigenvalue weighted by molar-refractivity contribution is 0.142. The summed E-state index contributed by atoms with van der Waals surface area (Å²) in [7, 11) is 3.12. The van der Waals surface area contributed by atoms with Crippen molar-refractivity contribution >= 4 is 50.0 Å². The number of carboxylic acid groups (broad SMARTS) is 1. The lowest BCUT2D eigenvalue weighted by Gasteiger charge is -2.22. The molecule has 1 unspecified atom stereocenters. The highest BCUT2D eigenvalue weighted by atomic mass is 35.5. The number of fused-ring (bicyclic) bond motifs is 3. The van der Waals surface area contributed by atoms with Crippen LogP contribution in [0.5, 0.6) is 5.75 Å². The van der Waals surface area contributed by atoms with Gasteiger partial charge in [0.1, 0.15) is 10.4 Å². The fourth-order valence-corrected chi connectivity index (χ4v) is 4.67. The second kappa shape index (κ2) is 7.66. The zero-order valence-corrected chi connectivity index (χ0v) is 18.1. The molecule has 4 rings (SSSR count). The average molecular weight is 443 g/mol. The number of nitrogens with one attached hydrogen (secondary N) is 1. The summed E-state index contributed by atoms with van der Waals surface area (Å²) < 4.78 is 6.26. The third-order valence-corrected chi connectivity index (χ3v) is 6.62. The molecule has 0 saturated heterocycles. The first-order valence-electron chi connectivity index (χ1n) is 9.19. The van der Waals surface area contributed by atoms with Gasteiger partial charge in [-0.05, 0) is 29.5 Å². The van der Waals surface area contributed by atoms with Gasteiger partial charge >= 0.3 is 6.09 Å². The zero-order chi connectivity index (χ0) is 21.6. The molecule has 8 heteroatoms. The first kappa shape index (κ1) is 20.3. The number of thiophene rings is 1. The number of pyridine rings is 1. The lowest BCUT2D eigenvalue weighted by atomic mass is 9.95. The summed E-state index contributed by atoms with van der Waals surface area (Å²) in [5.74, 6) is 0.593. The maximum absolute atomic E-state index is 12.5. The smallest absolute Gasteiger partial charge is 0.407 e. The van der Waals surface area contributed by atoms with Gasteiger partial charge in [0.15, 0.2) is 0 Å². The highest BCUT2D eigenvalue weighted by Crippen LogP contribution is 2.43. The van der Waals surface area contributed by atoms with E-state index in [0.29, 0.717) is 21.0 Å². The molecule has 30 heavy (non-hydrogen) atoms. The Labute approximate surface area is 181 Å². The number of ether oxygens (including phenoxy) is 1. The molecule has 0 saturated carbocycles. The number of nitrogens with zero attached hydrogens (tertiary/aromatic N) is 1. The van der Waals surface area contributed by atoms with Crippen molar-refractivity contribution < 1.29 is 14.6 Å². The summed E-state index contributed by atoms with van der Waals surface area (Å²) in [6.07, 6.45) is -0.985. The van der Waals surface area contributed by atoms with Crippen LogP contribution >= 0.6 is 22.9 Å². The van der Waals surface area contributed by atoms with E-state index in [-0.39, 0.29) is 11.6 Å². The SMILES string of the molecule is COc1cc(Cl)c2[nH]c(=O)c3sccc3c2c1-c1ccc(C(C)N(C)C(=O)O)cc1. The molecule has 0 fully saturated rings. The minimum absolute atomic E-state index is 0.175. The minimum atomic E-state index is -0.985. The number of hydrogen-bond acceptors (Lipinski definition) is 4. The third-order valence-electron chi connectivity index (χ3n) is 5.41. The van der Waals surface area contributed by atoms with Crippen LogP contribution in [0.2, 0.25) is 5.02 Å². The molecule has 0 aliphatic heterocycles. The van der Waals surface area contributed by atoms with Crippen molar-refractivity contribution in [1.82, 2.24) is 9.88 Å². The molecule has 2 N–H and O–H groups in total. The molecule has 6 nitrogen and oxygen atoms in total. The first-order valence-corrected chi connectivity index (χ1v) is 10.4. The van der Waals surface area contributed by atoms with Gasteiger partial charge in [-0.15, -0.1) is 11.3 Å². The average Bonchev–Trinajstić information content (AvgIpc) is 3.24. The highest BCUT2D eigenvalue weighted by molar-refractivity contribution is 7.17. The van der Waals surface area contributed by atoms with Crippen molar-refractivity contribution in [2.45, 2.75) is 13.0 Å². The van der Waals surface area contributed by atoms with Gasteiger partial charge in [-0.1, -0.05) is 35.9 Å². The minimum Gasteiger partial charge on any atom is -0.496 e. The molecule has 0 bridgehead atoms. The Hall–Kier alpha value is -3.03. The van der Waals surface area contributed by atoms with Crippen molar-refractivity contribution in [2.24, 2.45) is 0 Å². The Balaban J connectivity index is 1.96. The maximum Gasteiger partial charge on any atom is 0.407 e. The fourth-order valence-electron chi connectivity index (χ4n) is 3.64. The summed E-state index contributed by atoms with van der Waals surface area (Å²) in [6.45, 7) is 1.83. The number of benzene rings is 2. The van der Waals surface area contributed by atoms with Gasteiger partial charge in [0.25, 0.3) is 5.56 Å². The number of carbonyl (C=O) groups is 1. The molecule has 154 valence electrons. The van der Waals surface area contributed by atoms with Gasteiger partial charge in [-0.3, -0.25) is 4.79 Å². The maximum atomic E-state index is 12.5. The van der Waals surface area contributed by atoms with E-state index in [1.54, 1.807) is 20.2 Å². The van der Waals surface area contributed by atoms with Crippen LogP contribution in [0.1, 0.15) is 18.5 Å². The van der Waals surface area contributed by atoms with Gasteiger partial charge in [-0.2, -0.15) is 0 Å². The summed E-state index contributed by atoms with van der Waals surface area (Å²) >= 11 is 7.84. The van der Waals surface area contributed by atoms with Gasteiger partial charge < -0.3 is 19.7 Å². The Morgan fingerprint density at radius 2 is 1.97 bits per heavy atom. The second-order valence-corrected chi connectivity index (χ2v) is 8.32. The van der Waals surface area contributed by atoms with E-state index in [1.165, 1.54) is 16.2 Å². The van der Waals surface area contributed by atoms with E-state index in [9.17, 15) is 14.7 Å². The van der Waals surface area contributed by atoms with E-state index < -0.39 is 6.09 Å². The number of rotatable bonds is 4. The molecule has 4 aromatic rings. The molecule has 1 atom stereocenters. The number of aromatic nitrogens is 1. The van der Waals surface area contributed by atoms with Gasteiger partial charge in [-0.25, -0.2) is 4.79 Å². The van der Waals surface area contributed by atoms with E-state index in [2.05, 4.69) is 4.98 Å². The fraction of sp³-hybridized carbons (Fsp3) is 0.182. The summed E-state index contributed by atoms with van der Waals surface area (Å²) in [4.78, 5) is 27.9. The molecule has 1 amide bonds. The van der Waals surface area contributed by atoms with Gasteiger partial charge in [0, 0.05) is 29.4 Å². The van der Waals surface area contributed by atoms with Crippen molar-refractivity contribution in [1.29, 1.82) is 0 Å². The number of methoxy groups -OCH3 is 1. The number of H-pyrrole nitrogens is 1. The van der Waals surface area contributed by atoms with Crippen LogP contribution in [0.3, 0.4) is 0 Å². The largest absolute Gasteiger partial charge is 0.496 e. The molecule has 0 aliphatic carbocycles. The number of hydrogen-bond donors (Lipinski definition) is 2. The lowest BCUT2D eigenvalue weighted by Crippen LogP contribution is -2.27. The van der Waals surface area contributed by atoms with Crippen LogP contribution in [-0.2, 0) is 0 Å². The Morgan fingerprint density at radius 3 is 2.60 bits per heavy atom. The van der Waals surface area contributed by atoms with Crippen LogP contribution < -0.4 is 10.3 Å². The molecule has 2 aromatic carbocycles. The van der Waals surface area contributed by atoms with Crippen molar-refractivity contribution in [3.63, 3.8) is 0 Å². The zero-order valence-electron chi connectivity index (χ0n) is 16.5. The van der Waals surface area contributed by atoms with E-state index in [0.717, 1.165) is 27.5 Å². The predicted octanol–water partition coefficient (Wildman–Crippen LogP) is 5.74. The van der Waals surface area contributed by atoms with Gasteiger partial charge in [0.2, 0.25) is 0 Å². The molecule has 0 aliphatic rings. The molecule has 2 aromatic heterocycles. The third kappa shape index (κ3) is 3.20. The van der Waals surface area contributed by atoms with Crippen LogP contribution in [0, 0.1) is 0 Å². The second-order valence-electron chi connectivity index (χ2n) is 6.99. The summed E-state index contributed by atoms with van der Waals surface area (Å²) in [6, 6.07) is 11.0.